The van der Waals surface area contributed by atoms with Gasteiger partial charge in [-0.25, -0.2) is 14.8 Å². The number of hydrogen-bond acceptors (Lipinski definition) is 9. The van der Waals surface area contributed by atoms with E-state index in [0.29, 0.717) is 86.3 Å². The van der Waals surface area contributed by atoms with Crippen molar-refractivity contribution in [3.8, 4) is 23.0 Å². The van der Waals surface area contributed by atoms with E-state index in [1.54, 1.807) is 31.5 Å². The van der Waals surface area contributed by atoms with E-state index in [2.05, 4.69) is 20.2 Å². The maximum atomic E-state index is 13.1. The predicted octanol–water partition coefficient (Wildman–Crippen LogP) is 5.79. The van der Waals surface area contributed by atoms with Crippen LogP contribution in [-0.2, 0) is 9.47 Å². The molecule has 0 aliphatic carbocycles. The molecule has 2 amide bonds. The Labute approximate surface area is 261 Å². The second-order valence-corrected chi connectivity index (χ2v) is 10.5. The first-order valence-electron chi connectivity index (χ1n) is 14.3. The van der Waals surface area contributed by atoms with Gasteiger partial charge in [-0.3, -0.25) is 0 Å². The molecule has 4 aromatic rings. The third-order valence-electron chi connectivity index (χ3n) is 7.12. The molecular formula is C32H36ClN5O6. The third-order valence-corrected chi connectivity index (χ3v) is 7.53. The lowest BCUT2D eigenvalue weighted by Gasteiger charge is -2.35. The zero-order chi connectivity index (χ0) is 30.9. The van der Waals surface area contributed by atoms with E-state index in [9.17, 15) is 4.79 Å². The molecule has 232 valence electrons. The van der Waals surface area contributed by atoms with Crippen LogP contribution in [0.1, 0.15) is 5.56 Å². The fourth-order valence-corrected chi connectivity index (χ4v) is 4.87. The monoisotopic (exact) mass is 621 g/mol. The standard InChI is InChI=1S/C32H36ClN5O6/c1-22-4-7-25(18-27(22)33)44-24-8-5-23(6-9-24)36-32(39)38-12-10-37(11-13-38)31-26-19-29(42-16-14-40-2)30(43-17-15-41-3)20-28(26)34-21-35-31/h4-9,18-21H,10-17H2,1-3H3,(H,36,39). The molecule has 3 aromatic carbocycles. The molecule has 0 bridgehead atoms. The van der Waals surface area contributed by atoms with Gasteiger partial charge in [0.1, 0.15) is 36.9 Å². The molecule has 12 heteroatoms. The van der Waals surface area contributed by atoms with Gasteiger partial charge >= 0.3 is 6.03 Å². The van der Waals surface area contributed by atoms with Crippen molar-refractivity contribution in [3.63, 3.8) is 0 Å². The summed E-state index contributed by atoms with van der Waals surface area (Å²) < 4.78 is 28.0. The van der Waals surface area contributed by atoms with Crippen LogP contribution in [0.2, 0.25) is 5.02 Å². The van der Waals surface area contributed by atoms with Crippen LogP contribution in [0.4, 0.5) is 16.3 Å². The Balaban J connectivity index is 1.21. The van der Waals surface area contributed by atoms with E-state index in [0.717, 1.165) is 22.3 Å². The highest BCUT2D eigenvalue weighted by Crippen LogP contribution is 2.35. The number of fused-ring (bicyclic) bond motifs is 1. The molecule has 44 heavy (non-hydrogen) atoms. The lowest BCUT2D eigenvalue weighted by Crippen LogP contribution is -2.50. The molecule has 11 nitrogen and oxygen atoms in total. The molecule has 1 aromatic heterocycles. The van der Waals surface area contributed by atoms with Crippen molar-refractivity contribution < 1.29 is 28.5 Å². The number of anilines is 2. The van der Waals surface area contributed by atoms with E-state index < -0.39 is 0 Å². The predicted molar refractivity (Wildman–Crippen MR) is 170 cm³/mol. The molecule has 0 atom stereocenters. The van der Waals surface area contributed by atoms with Gasteiger partial charge in [0.2, 0.25) is 0 Å². The number of carbonyl (C=O) groups is 1. The quantitative estimate of drug-likeness (QED) is 0.197. The Hall–Kier alpha value is -4.32. The minimum atomic E-state index is -0.164. The topological polar surface area (TPSA) is 108 Å². The number of nitrogens with zero attached hydrogens (tertiary/aromatic N) is 4. The number of urea groups is 1. The van der Waals surface area contributed by atoms with Crippen LogP contribution in [0.25, 0.3) is 10.9 Å². The molecule has 1 N–H and O–H groups in total. The van der Waals surface area contributed by atoms with Gasteiger partial charge < -0.3 is 38.8 Å². The van der Waals surface area contributed by atoms with Gasteiger partial charge in [0.05, 0.1) is 18.7 Å². The number of aromatic nitrogens is 2. The fraction of sp³-hybridized carbons (Fsp3) is 0.344. The molecule has 5 rings (SSSR count). The lowest BCUT2D eigenvalue weighted by atomic mass is 10.2. The van der Waals surface area contributed by atoms with Crippen molar-refractivity contribution in [1.29, 1.82) is 0 Å². The van der Waals surface area contributed by atoms with Gasteiger partial charge in [-0.2, -0.15) is 0 Å². The molecule has 0 unspecified atom stereocenters. The first-order chi connectivity index (χ1) is 21.4. The van der Waals surface area contributed by atoms with Gasteiger partial charge in [0, 0.05) is 62.6 Å². The minimum absolute atomic E-state index is 0.164. The average molecular weight is 622 g/mol. The number of nitrogens with one attached hydrogen (secondary N) is 1. The number of aryl methyl sites for hydroxylation is 1. The Kier molecular flexibility index (Phi) is 10.5. The minimum Gasteiger partial charge on any atom is -0.487 e. The summed E-state index contributed by atoms with van der Waals surface area (Å²) >= 11 is 6.20. The second kappa shape index (κ2) is 14.9. The number of benzene rings is 3. The van der Waals surface area contributed by atoms with Gasteiger partial charge in [-0.05, 0) is 55.0 Å². The molecule has 1 aliphatic rings. The maximum absolute atomic E-state index is 13.1. The van der Waals surface area contributed by atoms with Crippen molar-refractivity contribution in [2.24, 2.45) is 0 Å². The zero-order valence-electron chi connectivity index (χ0n) is 25.0. The number of amides is 2. The van der Waals surface area contributed by atoms with E-state index in [4.69, 9.17) is 35.3 Å². The van der Waals surface area contributed by atoms with Crippen molar-refractivity contribution in [2.75, 3.05) is 77.0 Å². The van der Waals surface area contributed by atoms with Crippen molar-refractivity contribution in [1.82, 2.24) is 14.9 Å². The number of carbonyl (C=O) groups excluding carboxylic acids is 1. The molecule has 0 radical (unpaired) electrons. The molecule has 1 saturated heterocycles. The highest BCUT2D eigenvalue weighted by Gasteiger charge is 2.24. The maximum Gasteiger partial charge on any atom is 0.321 e. The zero-order valence-corrected chi connectivity index (χ0v) is 25.8. The summed E-state index contributed by atoms with van der Waals surface area (Å²) in [6.07, 6.45) is 1.54. The summed E-state index contributed by atoms with van der Waals surface area (Å²) in [6, 6.07) is 16.4. The lowest BCUT2D eigenvalue weighted by molar-refractivity contribution is 0.132. The van der Waals surface area contributed by atoms with Crippen molar-refractivity contribution in [2.45, 2.75) is 6.92 Å². The van der Waals surface area contributed by atoms with Crippen LogP contribution in [0.15, 0.2) is 60.9 Å². The summed E-state index contributed by atoms with van der Waals surface area (Å²) in [4.78, 5) is 26.1. The van der Waals surface area contributed by atoms with Crippen molar-refractivity contribution >= 4 is 40.0 Å². The molecule has 0 saturated carbocycles. The second-order valence-electron chi connectivity index (χ2n) is 10.1. The Morgan fingerprint density at radius 2 is 1.50 bits per heavy atom. The van der Waals surface area contributed by atoms with E-state index >= 15 is 0 Å². The van der Waals surface area contributed by atoms with Crippen LogP contribution < -0.4 is 24.4 Å². The van der Waals surface area contributed by atoms with E-state index in [1.807, 2.05) is 55.5 Å². The fourth-order valence-electron chi connectivity index (χ4n) is 4.70. The van der Waals surface area contributed by atoms with Crippen molar-refractivity contribution in [3.05, 3.63) is 71.5 Å². The third kappa shape index (κ3) is 7.79. The van der Waals surface area contributed by atoms with Gasteiger partial charge in [0.15, 0.2) is 11.5 Å². The summed E-state index contributed by atoms with van der Waals surface area (Å²) in [7, 11) is 3.25. The normalized spacial score (nSPS) is 13.2. The largest absolute Gasteiger partial charge is 0.487 e. The van der Waals surface area contributed by atoms with Crippen LogP contribution in [-0.4, -0.2) is 87.7 Å². The average Bonchev–Trinajstić information content (AvgIpc) is 3.04. The van der Waals surface area contributed by atoms with Gasteiger partial charge in [0.25, 0.3) is 0 Å². The van der Waals surface area contributed by atoms with Crippen LogP contribution in [0.3, 0.4) is 0 Å². The Morgan fingerprint density at radius 1 is 0.841 bits per heavy atom. The molecular weight excluding hydrogens is 586 g/mol. The number of halogens is 1. The van der Waals surface area contributed by atoms with Crippen LogP contribution in [0.5, 0.6) is 23.0 Å². The number of rotatable bonds is 12. The van der Waals surface area contributed by atoms with Gasteiger partial charge in [-0.1, -0.05) is 17.7 Å². The molecule has 2 heterocycles. The number of hydrogen-bond donors (Lipinski definition) is 1. The van der Waals surface area contributed by atoms with E-state index in [-0.39, 0.29) is 6.03 Å². The Bertz CT molecular complexity index is 1560. The highest BCUT2D eigenvalue weighted by molar-refractivity contribution is 6.31. The molecule has 0 spiro atoms. The summed E-state index contributed by atoms with van der Waals surface area (Å²) in [5.41, 5.74) is 2.40. The van der Waals surface area contributed by atoms with Gasteiger partial charge in [-0.15, -0.1) is 0 Å². The SMILES string of the molecule is COCCOc1cc2ncnc(N3CCN(C(=O)Nc4ccc(Oc5ccc(C)c(Cl)c5)cc4)CC3)c2cc1OCCOC. The number of methoxy groups -OCH3 is 2. The summed E-state index contributed by atoms with van der Waals surface area (Å²) in [6.45, 7) is 5.86. The smallest absolute Gasteiger partial charge is 0.321 e. The Morgan fingerprint density at radius 3 is 2.16 bits per heavy atom. The first-order valence-corrected chi connectivity index (χ1v) is 14.7. The molecule has 1 fully saturated rings. The molecule has 1 aliphatic heterocycles. The summed E-state index contributed by atoms with van der Waals surface area (Å²) in [5.74, 6) is 3.24. The highest BCUT2D eigenvalue weighted by atomic mass is 35.5. The summed E-state index contributed by atoms with van der Waals surface area (Å²) in [5, 5.41) is 4.47. The number of piperazine rings is 1. The number of ether oxygens (including phenoxy) is 5. The van der Waals surface area contributed by atoms with E-state index in [1.165, 1.54) is 0 Å². The first kappa shape index (κ1) is 31.1. The van der Waals surface area contributed by atoms with Crippen LogP contribution >= 0.6 is 11.6 Å². The van der Waals surface area contributed by atoms with Crippen LogP contribution in [0, 0.1) is 6.92 Å².